The number of urea groups is 1. The molecule has 1 rings (SSSR count). The maximum atomic E-state index is 11.6. The first kappa shape index (κ1) is 15.4. The van der Waals surface area contributed by atoms with Crippen LogP contribution in [0.3, 0.4) is 0 Å². The number of piperidine rings is 1. The van der Waals surface area contributed by atoms with Crippen LogP contribution in [0.25, 0.3) is 0 Å². The summed E-state index contributed by atoms with van der Waals surface area (Å²) in [6.07, 6.45) is 2.64. The number of hydrazine groups is 1. The number of rotatable bonds is 4. The highest BCUT2D eigenvalue weighted by molar-refractivity contribution is 5.95. The van der Waals surface area contributed by atoms with E-state index in [1.807, 2.05) is 18.9 Å². The van der Waals surface area contributed by atoms with E-state index < -0.39 is 17.9 Å². The molecule has 7 heteroatoms. The highest BCUT2D eigenvalue weighted by atomic mass is 16.4. The first-order valence-electron chi connectivity index (χ1n) is 6.50. The third kappa shape index (κ3) is 5.25. The monoisotopic (exact) mass is 271 g/mol. The van der Waals surface area contributed by atoms with E-state index in [0.717, 1.165) is 19.3 Å². The normalized spacial score (nSPS) is 23.7. The average Bonchev–Trinajstić information content (AvgIpc) is 2.31. The molecule has 1 heterocycles. The Morgan fingerprint density at radius 1 is 1.16 bits per heavy atom. The Hall–Kier alpha value is -1.63. The van der Waals surface area contributed by atoms with Crippen LogP contribution >= 0.6 is 0 Å². The largest absolute Gasteiger partial charge is 0.481 e. The second kappa shape index (κ2) is 7.08. The van der Waals surface area contributed by atoms with E-state index in [-0.39, 0.29) is 24.9 Å². The van der Waals surface area contributed by atoms with E-state index in [1.165, 1.54) is 0 Å². The van der Waals surface area contributed by atoms with Gasteiger partial charge in [0.25, 0.3) is 0 Å². The topological polar surface area (TPSA) is 98.7 Å². The van der Waals surface area contributed by atoms with Crippen molar-refractivity contribution in [3.8, 4) is 0 Å². The Morgan fingerprint density at radius 2 is 1.74 bits per heavy atom. The number of amides is 3. The van der Waals surface area contributed by atoms with Crippen molar-refractivity contribution in [2.45, 2.75) is 58.0 Å². The minimum atomic E-state index is -1.06. The van der Waals surface area contributed by atoms with Gasteiger partial charge in [-0.2, -0.15) is 0 Å². The van der Waals surface area contributed by atoms with E-state index in [4.69, 9.17) is 5.11 Å². The van der Waals surface area contributed by atoms with Crippen molar-refractivity contribution in [1.29, 1.82) is 0 Å². The fourth-order valence-corrected chi connectivity index (χ4v) is 2.20. The molecule has 0 aliphatic carbocycles. The van der Waals surface area contributed by atoms with Crippen LogP contribution in [0.2, 0.25) is 0 Å². The van der Waals surface area contributed by atoms with Gasteiger partial charge in [-0.15, -0.1) is 0 Å². The summed E-state index contributed by atoms with van der Waals surface area (Å²) in [6, 6.07) is -0.150. The van der Waals surface area contributed by atoms with Gasteiger partial charge in [0.15, 0.2) is 0 Å². The first-order chi connectivity index (χ1) is 8.90. The summed E-state index contributed by atoms with van der Waals surface area (Å²) < 4.78 is 0. The number of hydrogen-bond acceptors (Lipinski definition) is 4. The van der Waals surface area contributed by atoms with E-state index in [1.54, 1.807) is 0 Å². The van der Waals surface area contributed by atoms with Gasteiger partial charge >= 0.3 is 12.0 Å². The molecule has 0 saturated carbocycles. The van der Waals surface area contributed by atoms with Gasteiger partial charge in [-0.3, -0.25) is 20.3 Å². The minimum Gasteiger partial charge on any atom is -0.481 e. The Bertz CT molecular complexity index is 349. The number of nitrogens with zero attached hydrogens (tertiary/aromatic N) is 1. The average molecular weight is 271 g/mol. The molecule has 0 aromatic rings. The summed E-state index contributed by atoms with van der Waals surface area (Å²) in [6.45, 7) is 4.03. The highest BCUT2D eigenvalue weighted by Crippen LogP contribution is 2.19. The van der Waals surface area contributed by atoms with Gasteiger partial charge in [-0.25, -0.2) is 9.80 Å². The molecule has 0 aromatic heterocycles. The molecule has 1 saturated heterocycles. The predicted molar refractivity (Wildman–Crippen MR) is 68.2 cm³/mol. The summed E-state index contributed by atoms with van der Waals surface area (Å²) in [4.78, 5) is 33.2. The number of imide groups is 1. The van der Waals surface area contributed by atoms with E-state index >= 15 is 0 Å². The van der Waals surface area contributed by atoms with Crippen molar-refractivity contribution in [2.75, 3.05) is 0 Å². The molecule has 0 radical (unpaired) electrons. The van der Waals surface area contributed by atoms with E-state index in [2.05, 4.69) is 10.7 Å². The number of carboxylic acids is 1. The molecule has 1 aliphatic rings. The molecule has 3 N–H and O–H groups in total. The molecule has 0 aromatic carbocycles. The highest BCUT2D eigenvalue weighted by Gasteiger charge is 2.26. The number of aliphatic carboxylic acids is 1. The van der Waals surface area contributed by atoms with Crippen LogP contribution in [0, 0.1) is 0 Å². The lowest BCUT2D eigenvalue weighted by atomic mass is 10.00. The zero-order valence-electron chi connectivity index (χ0n) is 11.3. The number of carboxylic acid groups (broad SMARTS) is 1. The second-order valence-corrected chi connectivity index (χ2v) is 4.92. The maximum absolute atomic E-state index is 11.6. The lowest BCUT2D eigenvalue weighted by Crippen LogP contribution is -2.57. The predicted octanol–water partition coefficient (Wildman–Crippen LogP) is 0.855. The van der Waals surface area contributed by atoms with E-state index in [0.29, 0.717) is 0 Å². The van der Waals surface area contributed by atoms with Crippen LogP contribution < -0.4 is 10.7 Å². The fourth-order valence-electron chi connectivity index (χ4n) is 2.20. The van der Waals surface area contributed by atoms with Crippen molar-refractivity contribution >= 4 is 17.9 Å². The van der Waals surface area contributed by atoms with Crippen molar-refractivity contribution < 1.29 is 19.5 Å². The summed E-state index contributed by atoms with van der Waals surface area (Å²) in [7, 11) is 0. The minimum absolute atomic E-state index is 0.201. The Balaban J connectivity index is 2.37. The lowest BCUT2D eigenvalue weighted by molar-refractivity contribution is -0.138. The molecule has 1 fully saturated rings. The molecule has 0 spiro atoms. The summed E-state index contributed by atoms with van der Waals surface area (Å²) in [5, 5.41) is 12.4. The first-order valence-corrected chi connectivity index (χ1v) is 6.50. The SMILES string of the molecule is CC1CCCC(C)N1NC(=O)NC(=O)CCC(=O)O. The zero-order valence-corrected chi connectivity index (χ0v) is 11.3. The summed E-state index contributed by atoms with van der Waals surface area (Å²) >= 11 is 0. The quantitative estimate of drug-likeness (QED) is 0.704. The fraction of sp³-hybridized carbons (Fsp3) is 0.750. The molecule has 1 aliphatic heterocycles. The molecule has 2 unspecified atom stereocenters. The smallest absolute Gasteiger partial charge is 0.335 e. The summed E-state index contributed by atoms with van der Waals surface area (Å²) in [5.41, 5.74) is 2.65. The van der Waals surface area contributed by atoms with E-state index in [9.17, 15) is 14.4 Å². The van der Waals surface area contributed by atoms with Crippen molar-refractivity contribution in [2.24, 2.45) is 0 Å². The van der Waals surface area contributed by atoms with Crippen LogP contribution in [0.15, 0.2) is 0 Å². The van der Waals surface area contributed by atoms with Crippen LogP contribution in [0.5, 0.6) is 0 Å². The van der Waals surface area contributed by atoms with Gasteiger partial charge in [0.1, 0.15) is 0 Å². The molecule has 0 bridgehead atoms. The molecule has 3 amide bonds. The van der Waals surface area contributed by atoms with Gasteiger partial charge in [-0.1, -0.05) is 6.42 Å². The van der Waals surface area contributed by atoms with Crippen molar-refractivity contribution in [3.63, 3.8) is 0 Å². The Morgan fingerprint density at radius 3 is 2.26 bits per heavy atom. The molecular formula is C12H21N3O4. The standard InChI is InChI=1S/C12H21N3O4/c1-8-4-3-5-9(2)15(8)14-12(19)13-10(16)6-7-11(17)18/h8-9H,3-7H2,1-2H3,(H,17,18)(H2,13,14,16,19). The third-order valence-electron chi connectivity index (χ3n) is 3.24. The van der Waals surface area contributed by atoms with Crippen molar-refractivity contribution in [3.05, 3.63) is 0 Å². The van der Waals surface area contributed by atoms with Crippen molar-refractivity contribution in [1.82, 2.24) is 15.8 Å². The molecule has 19 heavy (non-hydrogen) atoms. The zero-order chi connectivity index (χ0) is 14.4. The van der Waals surface area contributed by atoms with Gasteiger partial charge in [0, 0.05) is 18.5 Å². The molecule has 7 nitrogen and oxygen atoms in total. The molecular weight excluding hydrogens is 250 g/mol. The van der Waals surface area contributed by atoms with Gasteiger partial charge in [-0.05, 0) is 26.7 Å². The summed E-state index contributed by atoms with van der Waals surface area (Å²) in [5.74, 6) is -1.65. The number of carbonyl (C=O) groups is 3. The molecule has 108 valence electrons. The number of nitrogens with one attached hydrogen (secondary N) is 2. The lowest BCUT2D eigenvalue weighted by Gasteiger charge is -2.38. The maximum Gasteiger partial charge on any atom is 0.335 e. The number of carbonyl (C=O) groups excluding carboxylic acids is 2. The van der Waals surface area contributed by atoms with Crippen LogP contribution in [-0.4, -0.2) is 40.1 Å². The Labute approximate surface area is 112 Å². The van der Waals surface area contributed by atoms with Gasteiger partial charge < -0.3 is 5.11 Å². The van der Waals surface area contributed by atoms with Gasteiger partial charge in [0.05, 0.1) is 6.42 Å². The van der Waals surface area contributed by atoms with Crippen LogP contribution in [0.1, 0.15) is 46.0 Å². The molecule has 2 atom stereocenters. The van der Waals surface area contributed by atoms with Gasteiger partial charge in [0.2, 0.25) is 5.91 Å². The Kier molecular flexibility index (Phi) is 5.75. The van der Waals surface area contributed by atoms with Crippen LogP contribution in [-0.2, 0) is 9.59 Å². The van der Waals surface area contributed by atoms with Crippen LogP contribution in [0.4, 0.5) is 4.79 Å². The number of hydrogen-bond donors (Lipinski definition) is 3. The second-order valence-electron chi connectivity index (χ2n) is 4.92. The third-order valence-corrected chi connectivity index (χ3v) is 3.24.